The van der Waals surface area contributed by atoms with Crippen molar-refractivity contribution in [2.24, 2.45) is 0 Å². The Labute approximate surface area is 94.7 Å². The monoisotopic (exact) mass is 231 g/mol. The van der Waals surface area contributed by atoms with E-state index >= 15 is 0 Å². The van der Waals surface area contributed by atoms with Crippen molar-refractivity contribution >= 4 is 11.9 Å². The highest BCUT2D eigenvalue weighted by atomic mass is 19.1. The van der Waals surface area contributed by atoms with Gasteiger partial charge in [-0.3, -0.25) is 4.79 Å². The molecule has 0 aromatic carbocycles. The van der Waals surface area contributed by atoms with Gasteiger partial charge in [0, 0.05) is 6.54 Å². The molecule has 0 aromatic rings. The average molecular weight is 231 g/mol. The van der Waals surface area contributed by atoms with Crippen LogP contribution in [0.2, 0.25) is 0 Å². The number of hydrogen-bond acceptors (Lipinski definition) is 3. The number of carbonyl (C=O) groups excluding carboxylic acids is 2. The fraction of sp³-hybridized carbons (Fsp3) is 0.818. The van der Waals surface area contributed by atoms with Crippen molar-refractivity contribution in [3.05, 3.63) is 0 Å². The van der Waals surface area contributed by atoms with Crippen molar-refractivity contribution in [3.8, 4) is 0 Å². The molecule has 1 rings (SSSR count). The molecule has 1 saturated heterocycles. The van der Waals surface area contributed by atoms with Gasteiger partial charge in [-0.1, -0.05) is 0 Å². The Hall–Kier alpha value is -1.13. The molecule has 1 aliphatic heterocycles. The van der Waals surface area contributed by atoms with E-state index in [9.17, 15) is 14.0 Å². The Balaban J connectivity index is 2.59. The highest BCUT2D eigenvalue weighted by Crippen LogP contribution is 2.15. The number of rotatable bonds is 0. The standard InChI is InChI=1S/C11H18FNO3/c1-11(2,3)16-10(15)13-6-4-5-8(12)9(14)7-13/h8H,4-7H2,1-3H3. The maximum atomic E-state index is 13.1. The summed E-state index contributed by atoms with van der Waals surface area (Å²) in [7, 11) is 0. The molecule has 1 fully saturated rings. The molecule has 0 spiro atoms. The van der Waals surface area contributed by atoms with Gasteiger partial charge in [0.05, 0.1) is 6.54 Å². The third-order valence-corrected chi connectivity index (χ3v) is 2.23. The van der Waals surface area contributed by atoms with E-state index in [-0.39, 0.29) is 13.0 Å². The summed E-state index contributed by atoms with van der Waals surface area (Å²) in [6.45, 7) is 5.45. The van der Waals surface area contributed by atoms with Gasteiger partial charge in [-0.05, 0) is 33.6 Å². The van der Waals surface area contributed by atoms with E-state index in [0.717, 1.165) is 0 Å². The van der Waals surface area contributed by atoms with E-state index in [0.29, 0.717) is 13.0 Å². The van der Waals surface area contributed by atoms with Crippen molar-refractivity contribution in [1.82, 2.24) is 4.90 Å². The van der Waals surface area contributed by atoms with Gasteiger partial charge in [0.2, 0.25) is 0 Å². The predicted octanol–water partition coefficient (Wildman–Crippen LogP) is 1.92. The number of hydrogen-bond donors (Lipinski definition) is 0. The minimum absolute atomic E-state index is 0.184. The number of carbonyl (C=O) groups is 2. The molecule has 0 radical (unpaired) electrons. The van der Waals surface area contributed by atoms with Gasteiger partial charge in [0.1, 0.15) is 5.60 Å². The SMILES string of the molecule is CC(C)(C)OC(=O)N1CCCC(F)C(=O)C1. The number of alkyl halides is 1. The lowest BCUT2D eigenvalue weighted by atomic mass is 10.2. The van der Waals surface area contributed by atoms with E-state index in [1.807, 2.05) is 0 Å². The number of nitrogens with zero attached hydrogens (tertiary/aromatic N) is 1. The Morgan fingerprint density at radius 2 is 2.12 bits per heavy atom. The highest BCUT2D eigenvalue weighted by Gasteiger charge is 2.29. The first-order valence-corrected chi connectivity index (χ1v) is 5.44. The van der Waals surface area contributed by atoms with Gasteiger partial charge >= 0.3 is 6.09 Å². The second-order valence-corrected chi connectivity index (χ2v) is 4.98. The van der Waals surface area contributed by atoms with Crippen molar-refractivity contribution in [2.45, 2.75) is 45.4 Å². The Morgan fingerprint density at radius 1 is 1.50 bits per heavy atom. The Kier molecular flexibility index (Phi) is 3.88. The molecule has 0 aliphatic carbocycles. The van der Waals surface area contributed by atoms with Crippen LogP contribution in [0.4, 0.5) is 9.18 Å². The summed E-state index contributed by atoms with van der Waals surface area (Å²) in [6, 6.07) is 0. The van der Waals surface area contributed by atoms with Crippen molar-refractivity contribution < 1.29 is 18.7 Å². The van der Waals surface area contributed by atoms with Crippen LogP contribution >= 0.6 is 0 Å². The fourth-order valence-corrected chi connectivity index (χ4v) is 1.47. The van der Waals surface area contributed by atoms with Crippen LogP contribution < -0.4 is 0 Å². The molecule has 0 N–H and O–H groups in total. The van der Waals surface area contributed by atoms with Crippen LogP contribution in [0.3, 0.4) is 0 Å². The van der Waals surface area contributed by atoms with Crippen LogP contribution in [0.15, 0.2) is 0 Å². The fourth-order valence-electron chi connectivity index (χ4n) is 1.47. The smallest absolute Gasteiger partial charge is 0.410 e. The molecule has 1 aliphatic rings. The second-order valence-electron chi connectivity index (χ2n) is 4.98. The van der Waals surface area contributed by atoms with Gasteiger partial charge in [-0.15, -0.1) is 0 Å². The molecule has 0 saturated carbocycles. The zero-order chi connectivity index (χ0) is 12.3. The summed E-state index contributed by atoms with van der Waals surface area (Å²) in [4.78, 5) is 24.2. The third kappa shape index (κ3) is 3.79. The van der Waals surface area contributed by atoms with Gasteiger partial charge in [-0.25, -0.2) is 9.18 Å². The first-order chi connectivity index (χ1) is 7.29. The summed E-state index contributed by atoms with van der Waals surface area (Å²) in [6.07, 6.45) is -1.30. The minimum Gasteiger partial charge on any atom is -0.444 e. The second kappa shape index (κ2) is 4.80. The maximum Gasteiger partial charge on any atom is 0.410 e. The van der Waals surface area contributed by atoms with Crippen molar-refractivity contribution in [1.29, 1.82) is 0 Å². The highest BCUT2D eigenvalue weighted by molar-refractivity contribution is 5.87. The van der Waals surface area contributed by atoms with Crippen LogP contribution in [0.5, 0.6) is 0 Å². The van der Waals surface area contributed by atoms with Crippen LogP contribution in [0, 0.1) is 0 Å². The van der Waals surface area contributed by atoms with Gasteiger partial charge in [-0.2, -0.15) is 0 Å². The molecule has 1 unspecified atom stereocenters. The van der Waals surface area contributed by atoms with Gasteiger partial charge in [0.15, 0.2) is 12.0 Å². The van der Waals surface area contributed by atoms with Crippen LogP contribution in [-0.2, 0) is 9.53 Å². The average Bonchev–Trinajstić information content (AvgIpc) is 2.27. The lowest BCUT2D eigenvalue weighted by molar-refractivity contribution is -0.124. The summed E-state index contributed by atoms with van der Waals surface area (Å²) >= 11 is 0. The number of halogens is 1. The largest absolute Gasteiger partial charge is 0.444 e. The molecule has 0 aromatic heterocycles. The predicted molar refractivity (Wildman–Crippen MR) is 56.9 cm³/mol. The molecule has 1 amide bonds. The van der Waals surface area contributed by atoms with Crippen LogP contribution in [-0.4, -0.2) is 41.6 Å². The minimum atomic E-state index is -1.44. The molecule has 0 bridgehead atoms. The van der Waals surface area contributed by atoms with Crippen LogP contribution in [0.1, 0.15) is 33.6 Å². The molecule has 4 nitrogen and oxygen atoms in total. The third-order valence-electron chi connectivity index (χ3n) is 2.23. The number of likely N-dealkylation sites (tertiary alicyclic amines) is 1. The van der Waals surface area contributed by atoms with Gasteiger partial charge in [0.25, 0.3) is 0 Å². The number of amides is 1. The van der Waals surface area contributed by atoms with E-state index in [1.165, 1.54) is 4.90 Å². The Bertz CT molecular complexity index is 285. The van der Waals surface area contributed by atoms with Gasteiger partial charge < -0.3 is 9.64 Å². The first-order valence-electron chi connectivity index (χ1n) is 5.44. The van der Waals surface area contributed by atoms with Crippen LogP contribution in [0.25, 0.3) is 0 Å². The summed E-state index contributed by atoms with van der Waals surface area (Å²) < 4.78 is 18.2. The zero-order valence-corrected chi connectivity index (χ0v) is 9.96. The molecular weight excluding hydrogens is 213 g/mol. The molecule has 1 atom stereocenters. The molecular formula is C11H18FNO3. The lowest BCUT2D eigenvalue weighted by Gasteiger charge is -2.25. The maximum absolute atomic E-state index is 13.1. The topological polar surface area (TPSA) is 46.6 Å². The van der Waals surface area contributed by atoms with E-state index in [2.05, 4.69) is 0 Å². The summed E-state index contributed by atoms with van der Waals surface area (Å²) in [5, 5.41) is 0. The van der Waals surface area contributed by atoms with Crippen molar-refractivity contribution in [2.75, 3.05) is 13.1 Å². The number of ketones is 1. The molecule has 1 heterocycles. The van der Waals surface area contributed by atoms with E-state index in [1.54, 1.807) is 20.8 Å². The quantitative estimate of drug-likeness (QED) is 0.640. The number of ether oxygens (including phenoxy) is 1. The summed E-state index contributed by atoms with van der Waals surface area (Å²) in [5.41, 5.74) is -0.596. The lowest BCUT2D eigenvalue weighted by Crippen LogP contribution is -2.40. The first kappa shape index (κ1) is 12.9. The van der Waals surface area contributed by atoms with Crippen molar-refractivity contribution in [3.63, 3.8) is 0 Å². The normalized spacial score (nSPS) is 22.9. The zero-order valence-electron chi connectivity index (χ0n) is 9.96. The van der Waals surface area contributed by atoms with E-state index < -0.39 is 23.6 Å². The van der Waals surface area contributed by atoms with E-state index in [4.69, 9.17) is 4.74 Å². The summed E-state index contributed by atoms with van der Waals surface area (Å²) in [5.74, 6) is -0.539. The Morgan fingerprint density at radius 3 is 2.69 bits per heavy atom. The molecule has 92 valence electrons. The molecule has 16 heavy (non-hydrogen) atoms. The molecule has 5 heteroatoms. The number of Topliss-reactive ketones (excluding diaryl/α,β-unsaturated/α-hetero) is 1.